The van der Waals surface area contributed by atoms with E-state index in [2.05, 4.69) is 20.8 Å². The van der Waals surface area contributed by atoms with E-state index in [0.29, 0.717) is 9.90 Å². The van der Waals surface area contributed by atoms with Crippen molar-refractivity contribution in [3.05, 3.63) is 40.5 Å². The van der Waals surface area contributed by atoms with Crippen LogP contribution in [0.4, 0.5) is 5.69 Å². The molecule has 22 heavy (non-hydrogen) atoms. The van der Waals surface area contributed by atoms with Crippen LogP contribution >= 0.6 is 23.3 Å². The van der Waals surface area contributed by atoms with E-state index in [-0.39, 0.29) is 4.88 Å². The lowest BCUT2D eigenvalue weighted by Crippen LogP contribution is -1.90. The highest BCUT2D eigenvalue weighted by molar-refractivity contribution is 8.02. The molecule has 0 unspecified atom stereocenters. The number of aromatic amines is 1. The zero-order valence-electron chi connectivity index (χ0n) is 11.4. The van der Waals surface area contributed by atoms with Gasteiger partial charge in [0.1, 0.15) is 10.9 Å². The number of nitrogens with zero attached hydrogens (tertiary/aromatic N) is 2. The Labute approximate surface area is 133 Å². The molecule has 0 saturated heterocycles. The molecule has 0 radical (unpaired) electrons. The minimum Gasteiger partial charge on any atom is -0.477 e. The summed E-state index contributed by atoms with van der Waals surface area (Å²) in [6, 6.07) is 6.01. The molecule has 2 heterocycles. The first-order valence-corrected chi connectivity index (χ1v) is 7.86. The van der Waals surface area contributed by atoms with Crippen molar-refractivity contribution in [3.63, 3.8) is 0 Å². The summed E-state index contributed by atoms with van der Waals surface area (Å²) in [4.78, 5) is 18.2. The largest absolute Gasteiger partial charge is 0.477 e. The fourth-order valence-electron chi connectivity index (χ4n) is 2.10. The van der Waals surface area contributed by atoms with Crippen LogP contribution in [0, 0.1) is 18.3 Å². The van der Waals surface area contributed by atoms with E-state index in [1.54, 1.807) is 6.20 Å². The van der Waals surface area contributed by atoms with Crippen molar-refractivity contribution < 1.29 is 9.90 Å². The summed E-state index contributed by atoms with van der Waals surface area (Å²) < 4.78 is 3.76. The van der Waals surface area contributed by atoms with Gasteiger partial charge in [-0.05, 0) is 18.6 Å². The third-order valence-electron chi connectivity index (χ3n) is 3.11. The average Bonchev–Trinajstić information content (AvgIpc) is 3.13. The van der Waals surface area contributed by atoms with Gasteiger partial charge in [-0.2, -0.15) is 5.26 Å². The summed E-state index contributed by atoms with van der Waals surface area (Å²) in [6.07, 6.45) is 3.02. The van der Waals surface area contributed by atoms with Crippen LogP contribution in [0.5, 0.6) is 0 Å². The lowest BCUT2D eigenvalue weighted by molar-refractivity contribution is 0.0702. The van der Waals surface area contributed by atoms with Gasteiger partial charge in [0.2, 0.25) is 0 Å². The lowest BCUT2D eigenvalue weighted by Gasteiger charge is -2.06. The van der Waals surface area contributed by atoms with Crippen LogP contribution < -0.4 is 4.72 Å². The molecule has 3 rings (SSSR count). The van der Waals surface area contributed by atoms with Crippen molar-refractivity contribution in [2.24, 2.45) is 0 Å². The number of carbonyl (C=O) groups is 1. The number of carboxylic acids is 1. The molecular formula is C14H10N4O2S2. The highest BCUT2D eigenvalue weighted by Gasteiger charge is 2.12. The first-order chi connectivity index (χ1) is 10.6. The van der Waals surface area contributed by atoms with Gasteiger partial charge < -0.3 is 14.8 Å². The third kappa shape index (κ3) is 2.52. The van der Waals surface area contributed by atoms with Gasteiger partial charge in [0.25, 0.3) is 0 Å². The number of fused-ring (bicyclic) bond motifs is 1. The maximum absolute atomic E-state index is 10.8. The van der Waals surface area contributed by atoms with Crippen LogP contribution in [0.25, 0.3) is 10.9 Å². The Bertz CT molecular complexity index is 907. The minimum absolute atomic E-state index is 0.199. The number of aryl methyl sites for hydroxylation is 1. The minimum atomic E-state index is -0.981. The monoisotopic (exact) mass is 330 g/mol. The first kappa shape index (κ1) is 14.4. The predicted molar refractivity (Wildman–Crippen MR) is 86.3 cm³/mol. The molecule has 3 N–H and O–H groups in total. The standard InChI is InChI=1S/C14H10N4O2S2/c1-7-2-3-9(12-11(7)8(4-15)5-16-12)18-22-14-17-6-10(21-14)13(19)20/h2-3,5-6,16,18H,1H3,(H,19,20). The Kier molecular flexibility index (Phi) is 3.75. The highest BCUT2D eigenvalue weighted by Crippen LogP contribution is 2.32. The Morgan fingerprint density at radius 2 is 2.36 bits per heavy atom. The molecule has 0 aliphatic rings. The molecule has 0 atom stereocenters. The van der Waals surface area contributed by atoms with Crippen molar-refractivity contribution in [2.45, 2.75) is 11.3 Å². The summed E-state index contributed by atoms with van der Waals surface area (Å²) in [5, 5.41) is 18.9. The topological polar surface area (TPSA) is 102 Å². The fourth-order valence-corrected chi connectivity index (χ4v) is 3.62. The normalized spacial score (nSPS) is 10.5. The van der Waals surface area contributed by atoms with Gasteiger partial charge >= 0.3 is 5.97 Å². The molecule has 0 spiro atoms. The molecule has 110 valence electrons. The van der Waals surface area contributed by atoms with E-state index in [9.17, 15) is 4.79 Å². The van der Waals surface area contributed by atoms with Crippen molar-refractivity contribution in [1.29, 1.82) is 5.26 Å². The van der Waals surface area contributed by atoms with E-state index in [1.165, 1.54) is 18.1 Å². The predicted octanol–water partition coefficient (Wildman–Crippen LogP) is 3.62. The Morgan fingerprint density at radius 1 is 1.55 bits per heavy atom. The molecule has 1 aromatic carbocycles. The number of anilines is 1. The van der Waals surface area contributed by atoms with Gasteiger partial charge in [0.15, 0.2) is 4.34 Å². The number of aromatic nitrogens is 2. The molecule has 6 nitrogen and oxygen atoms in total. The van der Waals surface area contributed by atoms with Gasteiger partial charge in [-0.15, -0.1) is 0 Å². The quantitative estimate of drug-likeness (QED) is 0.631. The summed E-state index contributed by atoms with van der Waals surface area (Å²) in [5.74, 6) is -0.981. The zero-order chi connectivity index (χ0) is 15.7. The van der Waals surface area contributed by atoms with E-state index < -0.39 is 5.97 Å². The Balaban J connectivity index is 1.88. The first-order valence-electron chi connectivity index (χ1n) is 6.23. The number of H-pyrrole nitrogens is 1. The Morgan fingerprint density at radius 3 is 3.05 bits per heavy atom. The van der Waals surface area contributed by atoms with Crippen molar-refractivity contribution in [2.75, 3.05) is 4.72 Å². The zero-order valence-corrected chi connectivity index (χ0v) is 13.0. The van der Waals surface area contributed by atoms with E-state index in [1.807, 2.05) is 19.1 Å². The summed E-state index contributed by atoms with van der Waals surface area (Å²) >= 11 is 2.35. The maximum atomic E-state index is 10.8. The van der Waals surface area contributed by atoms with Crippen molar-refractivity contribution in [3.8, 4) is 6.07 Å². The molecule has 0 fully saturated rings. The Hall–Kier alpha value is -2.50. The number of benzene rings is 1. The number of nitriles is 1. The molecule has 3 aromatic rings. The second-order valence-electron chi connectivity index (χ2n) is 4.49. The maximum Gasteiger partial charge on any atom is 0.347 e. The highest BCUT2D eigenvalue weighted by atomic mass is 32.2. The van der Waals surface area contributed by atoms with Gasteiger partial charge in [-0.3, -0.25) is 0 Å². The second-order valence-corrected chi connectivity index (χ2v) is 6.58. The average molecular weight is 330 g/mol. The molecule has 0 aliphatic carbocycles. The third-order valence-corrected chi connectivity index (χ3v) is 4.99. The number of thiazole rings is 1. The van der Waals surface area contributed by atoms with Crippen LogP contribution in [0.15, 0.2) is 28.9 Å². The van der Waals surface area contributed by atoms with Crippen LogP contribution in [0.1, 0.15) is 20.8 Å². The summed E-state index contributed by atoms with van der Waals surface area (Å²) in [7, 11) is 0. The molecule has 0 saturated carbocycles. The van der Waals surface area contributed by atoms with Gasteiger partial charge in [0, 0.05) is 23.5 Å². The second kappa shape index (κ2) is 5.71. The van der Waals surface area contributed by atoms with Gasteiger partial charge in [-0.25, -0.2) is 9.78 Å². The lowest BCUT2D eigenvalue weighted by atomic mass is 10.1. The molecule has 0 amide bonds. The number of hydrogen-bond donors (Lipinski definition) is 3. The summed E-state index contributed by atoms with van der Waals surface area (Å²) in [5.41, 5.74) is 3.28. The van der Waals surface area contributed by atoms with Crippen LogP contribution in [0.3, 0.4) is 0 Å². The van der Waals surface area contributed by atoms with E-state index in [4.69, 9.17) is 10.4 Å². The molecular weight excluding hydrogens is 320 g/mol. The fraction of sp³-hybridized carbons (Fsp3) is 0.0714. The van der Waals surface area contributed by atoms with Crippen LogP contribution in [0.2, 0.25) is 0 Å². The number of aromatic carboxylic acids is 1. The SMILES string of the molecule is Cc1ccc(NSc2ncc(C(=O)O)s2)c2[nH]cc(C#N)c12. The molecule has 2 aromatic heterocycles. The molecule has 0 bridgehead atoms. The number of carboxylic acid groups (broad SMARTS) is 1. The van der Waals surface area contributed by atoms with Crippen LogP contribution in [-0.4, -0.2) is 21.0 Å². The van der Waals surface area contributed by atoms with E-state index in [0.717, 1.165) is 33.5 Å². The summed E-state index contributed by atoms with van der Waals surface area (Å²) in [6.45, 7) is 1.95. The number of nitrogens with one attached hydrogen (secondary N) is 2. The van der Waals surface area contributed by atoms with Crippen LogP contribution in [-0.2, 0) is 0 Å². The van der Waals surface area contributed by atoms with E-state index >= 15 is 0 Å². The molecule has 0 aliphatic heterocycles. The number of rotatable bonds is 4. The molecule has 8 heteroatoms. The van der Waals surface area contributed by atoms with Crippen molar-refractivity contribution >= 4 is 45.8 Å². The smallest absolute Gasteiger partial charge is 0.347 e. The van der Waals surface area contributed by atoms with Crippen molar-refractivity contribution in [1.82, 2.24) is 9.97 Å². The van der Waals surface area contributed by atoms with Gasteiger partial charge in [-0.1, -0.05) is 17.4 Å². The number of hydrogen-bond acceptors (Lipinski definition) is 6. The van der Waals surface area contributed by atoms with Gasteiger partial charge in [0.05, 0.1) is 23.0 Å².